The van der Waals surface area contributed by atoms with Crippen LogP contribution in [0.2, 0.25) is 0 Å². The van der Waals surface area contributed by atoms with Crippen molar-refractivity contribution in [2.75, 3.05) is 10.6 Å². The summed E-state index contributed by atoms with van der Waals surface area (Å²) >= 11 is 0. The molecular weight excluding hydrogens is 294 g/mol. The monoisotopic (exact) mass is 309 g/mol. The summed E-state index contributed by atoms with van der Waals surface area (Å²) in [5.74, 6) is -0.365. The molecule has 23 heavy (non-hydrogen) atoms. The number of fused-ring (bicyclic) bond motifs is 1. The van der Waals surface area contributed by atoms with Crippen LogP contribution in [0.4, 0.5) is 11.4 Å². The second-order valence-corrected chi connectivity index (χ2v) is 5.16. The van der Waals surface area contributed by atoms with Gasteiger partial charge in [0.1, 0.15) is 5.52 Å². The molecule has 0 unspecified atom stereocenters. The minimum absolute atomic E-state index is 0.174. The van der Waals surface area contributed by atoms with Gasteiger partial charge in [0, 0.05) is 30.1 Å². The van der Waals surface area contributed by atoms with Crippen LogP contribution in [0, 0.1) is 6.92 Å². The number of hydrogen-bond donors (Lipinski definition) is 2. The standard InChI is InChI=1S/C17H15N3O3/c1-10-6-7-15-14(18-10)9-16(23-15)17(22)20-13-5-3-4-12(8-13)19-11(2)21/h3-9H,1-2H3,(H,19,21)(H,20,22). The van der Waals surface area contributed by atoms with Gasteiger partial charge in [0.2, 0.25) is 5.91 Å². The average Bonchev–Trinajstić information content (AvgIpc) is 2.90. The van der Waals surface area contributed by atoms with E-state index in [1.165, 1.54) is 6.92 Å². The van der Waals surface area contributed by atoms with E-state index < -0.39 is 0 Å². The van der Waals surface area contributed by atoms with Gasteiger partial charge >= 0.3 is 0 Å². The first-order valence-electron chi connectivity index (χ1n) is 7.07. The molecule has 2 N–H and O–H groups in total. The first-order chi connectivity index (χ1) is 11.0. The van der Waals surface area contributed by atoms with Crippen LogP contribution < -0.4 is 10.6 Å². The van der Waals surface area contributed by atoms with Gasteiger partial charge in [0.05, 0.1) is 0 Å². The molecule has 2 amide bonds. The average molecular weight is 309 g/mol. The number of carbonyl (C=O) groups excluding carboxylic acids is 2. The van der Waals surface area contributed by atoms with Crippen LogP contribution in [0.25, 0.3) is 11.1 Å². The highest BCUT2D eigenvalue weighted by molar-refractivity contribution is 6.04. The summed E-state index contributed by atoms with van der Waals surface area (Å²) in [6.07, 6.45) is 0. The molecular formula is C17H15N3O3. The number of rotatable bonds is 3. The van der Waals surface area contributed by atoms with Crippen LogP contribution in [-0.2, 0) is 4.79 Å². The minimum atomic E-state index is -0.374. The Kier molecular flexibility index (Phi) is 3.80. The molecule has 1 aromatic carbocycles. The van der Waals surface area contributed by atoms with E-state index in [9.17, 15) is 9.59 Å². The maximum Gasteiger partial charge on any atom is 0.291 e. The number of carbonyl (C=O) groups is 2. The molecule has 0 aliphatic carbocycles. The SMILES string of the molecule is CC(=O)Nc1cccc(NC(=O)c2cc3nc(C)ccc3o2)c1. The minimum Gasteiger partial charge on any atom is -0.449 e. The molecule has 6 heteroatoms. The molecule has 0 fully saturated rings. The van der Waals surface area contributed by atoms with E-state index in [1.807, 2.05) is 13.0 Å². The van der Waals surface area contributed by atoms with E-state index in [0.717, 1.165) is 5.69 Å². The molecule has 0 atom stereocenters. The summed E-state index contributed by atoms with van der Waals surface area (Å²) in [5, 5.41) is 5.40. The van der Waals surface area contributed by atoms with E-state index in [2.05, 4.69) is 15.6 Å². The Morgan fingerprint density at radius 3 is 2.52 bits per heavy atom. The third kappa shape index (κ3) is 3.37. The van der Waals surface area contributed by atoms with E-state index in [1.54, 1.807) is 36.4 Å². The molecule has 6 nitrogen and oxygen atoms in total. The molecule has 3 rings (SSSR count). The smallest absolute Gasteiger partial charge is 0.291 e. The number of nitrogens with zero attached hydrogens (tertiary/aromatic N) is 1. The molecule has 0 aliphatic rings. The van der Waals surface area contributed by atoms with Crippen LogP contribution in [0.1, 0.15) is 23.2 Å². The van der Waals surface area contributed by atoms with Gasteiger partial charge in [-0.05, 0) is 37.3 Å². The molecule has 0 saturated carbocycles. The maximum atomic E-state index is 12.3. The first kappa shape index (κ1) is 14.8. The normalized spacial score (nSPS) is 10.5. The van der Waals surface area contributed by atoms with Gasteiger partial charge in [-0.1, -0.05) is 6.07 Å². The molecule has 2 aromatic heterocycles. The largest absolute Gasteiger partial charge is 0.449 e. The number of hydrogen-bond acceptors (Lipinski definition) is 4. The lowest BCUT2D eigenvalue weighted by Crippen LogP contribution is -2.11. The number of nitrogens with one attached hydrogen (secondary N) is 2. The fraction of sp³-hybridized carbons (Fsp3) is 0.118. The first-order valence-corrected chi connectivity index (χ1v) is 7.07. The second kappa shape index (κ2) is 5.92. The van der Waals surface area contributed by atoms with Crippen LogP contribution in [0.3, 0.4) is 0 Å². The van der Waals surface area contributed by atoms with Gasteiger partial charge in [-0.15, -0.1) is 0 Å². The third-order valence-electron chi connectivity index (χ3n) is 3.18. The van der Waals surface area contributed by atoms with Gasteiger partial charge in [-0.2, -0.15) is 0 Å². The zero-order valence-corrected chi connectivity index (χ0v) is 12.7. The lowest BCUT2D eigenvalue weighted by molar-refractivity contribution is -0.114. The summed E-state index contributed by atoms with van der Waals surface area (Å²) in [6.45, 7) is 3.30. The van der Waals surface area contributed by atoms with Crippen LogP contribution in [0.5, 0.6) is 0 Å². The Morgan fingerprint density at radius 1 is 1.04 bits per heavy atom. The highest BCUT2D eigenvalue weighted by Crippen LogP contribution is 2.20. The van der Waals surface area contributed by atoms with Crippen LogP contribution >= 0.6 is 0 Å². The number of aromatic nitrogens is 1. The van der Waals surface area contributed by atoms with Crippen molar-refractivity contribution < 1.29 is 14.0 Å². The zero-order chi connectivity index (χ0) is 16.4. The predicted molar refractivity (Wildman–Crippen MR) is 87.4 cm³/mol. The molecule has 116 valence electrons. The van der Waals surface area contributed by atoms with Crippen molar-refractivity contribution in [1.82, 2.24) is 4.98 Å². The molecule has 0 bridgehead atoms. The Morgan fingerprint density at radius 2 is 1.78 bits per heavy atom. The van der Waals surface area contributed by atoms with Crippen LogP contribution in [-0.4, -0.2) is 16.8 Å². The topological polar surface area (TPSA) is 84.2 Å². The number of benzene rings is 1. The quantitative estimate of drug-likeness (QED) is 0.777. The van der Waals surface area contributed by atoms with Crippen molar-refractivity contribution in [2.24, 2.45) is 0 Å². The zero-order valence-electron chi connectivity index (χ0n) is 12.7. The van der Waals surface area contributed by atoms with E-state index in [4.69, 9.17) is 4.42 Å². The maximum absolute atomic E-state index is 12.3. The molecule has 0 radical (unpaired) electrons. The Bertz CT molecular complexity index is 899. The predicted octanol–water partition coefficient (Wildman–Crippen LogP) is 3.35. The number of furan rings is 1. The number of anilines is 2. The highest BCUT2D eigenvalue weighted by atomic mass is 16.3. The number of amides is 2. The Hall–Kier alpha value is -3.15. The fourth-order valence-electron chi connectivity index (χ4n) is 2.21. The summed E-state index contributed by atoms with van der Waals surface area (Å²) < 4.78 is 5.51. The van der Waals surface area contributed by atoms with Crippen molar-refractivity contribution in [3.63, 3.8) is 0 Å². The Labute approximate surface area is 132 Å². The van der Waals surface area contributed by atoms with E-state index in [-0.39, 0.29) is 17.6 Å². The molecule has 0 aliphatic heterocycles. The summed E-state index contributed by atoms with van der Waals surface area (Å²) in [6, 6.07) is 12.1. The number of pyridine rings is 1. The lowest BCUT2D eigenvalue weighted by Gasteiger charge is -2.06. The van der Waals surface area contributed by atoms with E-state index in [0.29, 0.717) is 22.5 Å². The summed E-state index contributed by atoms with van der Waals surface area (Å²) in [5.41, 5.74) is 3.23. The number of aryl methyl sites for hydroxylation is 1. The van der Waals surface area contributed by atoms with Crippen molar-refractivity contribution in [3.8, 4) is 0 Å². The molecule has 2 heterocycles. The Balaban J connectivity index is 1.81. The van der Waals surface area contributed by atoms with Gasteiger partial charge < -0.3 is 15.1 Å². The fourth-order valence-corrected chi connectivity index (χ4v) is 2.21. The summed E-state index contributed by atoms with van der Waals surface area (Å²) in [4.78, 5) is 27.7. The van der Waals surface area contributed by atoms with Crippen molar-refractivity contribution in [3.05, 3.63) is 53.9 Å². The lowest BCUT2D eigenvalue weighted by atomic mass is 10.2. The third-order valence-corrected chi connectivity index (χ3v) is 3.18. The van der Waals surface area contributed by atoms with Crippen molar-refractivity contribution >= 4 is 34.3 Å². The van der Waals surface area contributed by atoms with Gasteiger partial charge in [0.15, 0.2) is 11.3 Å². The van der Waals surface area contributed by atoms with Crippen molar-refractivity contribution in [2.45, 2.75) is 13.8 Å². The van der Waals surface area contributed by atoms with Crippen molar-refractivity contribution in [1.29, 1.82) is 0 Å². The molecule has 0 saturated heterocycles. The van der Waals surface area contributed by atoms with Gasteiger partial charge in [0.25, 0.3) is 5.91 Å². The summed E-state index contributed by atoms with van der Waals surface area (Å²) in [7, 11) is 0. The molecule has 3 aromatic rings. The van der Waals surface area contributed by atoms with E-state index >= 15 is 0 Å². The van der Waals surface area contributed by atoms with Gasteiger partial charge in [-0.25, -0.2) is 4.98 Å². The highest BCUT2D eigenvalue weighted by Gasteiger charge is 2.13. The van der Waals surface area contributed by atoms with Crippen LogP contribution in [0.15, 0.2) is 46.9 Å². The molecule has 0 spiro atoms. The van der Waals surface area contributed by atoms with Gasteiger partial charge in [-0.3, -0.25) is 9.59 Å². The second-order valence-electron chi connectivity index (χ2n) is 5.16.